The minimum absolute atomic E-state index is 0. The first kappa shape index (κ1) is 30.4. The first-order valence-corrected chi connectivity index (χ1v) is 11.4. The highest BCUT2D eigenvalue weighted by molar-refractivity contribution is 5.85. The second-order valence-electron chi connectivity index (χ2n) is 9.15. The summed E-state index contributed by atoms with van der Waals surface area (Å²) >= 11 is 0. The molecule has 0 aromatic rings. The molecule has 174 valence electrons. The highest BCUT2D eigenvalue weighted by atomic mass is 35.5. The number of halogens is 1. The summed E-state index contributed by atoms with van der Waals surface area (Å²) in [6.07, 6.45) is 16.0. The van der Waals surface area contributed by atoms with Crippen molar-refractivity contribution in [1.29, 1.82) is 0 Å². The molecule has 0 fully saturated rings. The number of hydrogen-bond donors (Lipinski definition) is 0. The number of nitrogens with zero attached hydrogens (tertiary/aromatic N) is 1. The van der Waals surface area contributed by atoms with Gasteiger partial charge in [-0.1, -0.05) is 84.0 Å². The van der Waals surface area contributed by atoms with Crippen LogP contribution in [0.3, 0.4) is 0 Å². The van der Waals surface area contributed by atoms with Crippen LogP contribution in [0, 0.1) is 0 Å². The molecular weight excluding hydrogens is 390 g/mol. The van der Waals surface area contributed by atoms with Gasteiger partial charge in [0.2, 0.25) is 0 Å². The van der Waals surface area contributed by atoms with Crippen LogP contribution in [0.4, 0.5) is 0 Å². The average molecular weight is 436 g/mol. The molecule has 0 spiro atoms. The molecule has 0 aromatic carbocycles. The van der Waals surface area contributed by atoms with Gasteiger partial charge in [-0.3, -0.25) is 4.79 Å². The van der Waals surface area contributed by atoms with Crippen LogP contribution in [-0.2, 0) is 14.3 Å². The predicted octanol–water partition coefficient (Wildman–Crippen LogP) is 4.65. The summed E-state index contributed by atoms with van der Waals surface area (Å²) in [5.41, 5.74) is 0. The fraction of sp³-hybridized carbons (Fsp3) is 0.913. The molecule has 0 aliphatic carbocycles. The van der Waals surface area contributed by atoms with Crippen LogP contribution in [0.5, 0.6) is 0 Å². The lowest BCUT2D eigenvalue weighted by molar-refractivity contribution is -0.873. The maximum Gasteiger partial charge on any atom is 0.306 e. The Bertz CT molecular complexity index is 410. The normalized spacial score (nSPS) is 12.3. The first-order valence-electron chi connectivity index (χ1n) is 11.4. The number of carbonyl (C=O) groups excluding carboxylic acids is 2. The number of carboxylic acid groups (broad SMARTS) is 1. The molecule has 0 radical (unpaired) electrons. The molecule has 0 rings (SSSR count). The summed E-state index contributed by atoms with van der Waals surface area (Å²) in [6, 6.07) is 0. The van der Waals surface area contributed by atoms with E-state index in [2.05, 4.69) is 6.92 Å². The van der Waals surface area contributed by atoms with Crippen LogP contribution >= 0.6 is 12.4 Å². The van der Waals surface area contributed by atoms with E-state index in [0.29, 0.717) is 17.4 Å². The second-order valence-corrected chi connectivity index (χ2v) is 9.15. The van der Waals surface area contributed by atoms with Gasteiger partial charge in [-0.2, -0.15) is 0 Å². The van der Waals surface area contributed by atoms with Crippen LogP contribution in [0.2, 0.25) is 0 Å². The number of ether oxygens (including phenoxy) is 1. The zero-order valence-corrected chi connectivity index (χ0v) is 20.2. The van der Waals surface area contributed by atoms with E-state index in [4.69, 9.17) is 4.74 Å². The molecule has 0 saturated carbocycles. The van der Waals surface area contributed by atoms with E-state index in [-0.39, 0.29) is 24.8 Å². The molecule has 0 unspecified atom stereocenters. The fourth-order valence-corrected chi connectivity index (χ4v) is 3.47. The van der Waals surface area contributed by atoms with Crippen LogP contribution < -0.4 is 5.11 Å². The van der Waals surface area contributed by atoms with E-state index < -0.39 is 12.1 Å². The van der Waals surface area contributed by atoms with E-state index >= 15 is 0 Å². The standard InChI is InChI=1S/C23H45NO4.ClH/c1-5-6-7-8-9-10-11-12-13-14-15-16-17-18-23(27)28-21(19-22(25)26)20-24(2,3)4;/h21H,5-20H2,1-4H3;1H/t21-;/m0./s1. The van der Waals surface area contributed by atoms with Gasteiger partial charge in [-0.15, -0.1) is 12.4 Å². The topological polar surface area (TPSA) is 66.4 Å². The Kier molecular flexibility index (Phi) is 20.1. The number of quaternary nitrogens is 1. The third kappa shape index (κ3) is 23.3. The summed E-state index contributed by atoms with van der Waals surface area (Å²) < 4.78 is 5.91. The zero-order chi connectivity index (χ0) is 21.3. The van der Waals surface area contributed by atoms with Crippen molar-refractivity contribution in [1.82, 2.24) is 0 Å². The maximum atomic E-state index is 12.0. The minimum atomic E-state index is -1.17. The van der Waals surface area contributed by atoms with Gasteiger partial charge >= 0.3 is 5.97 Å². The number of carbonyl (C=O) groups is 2. The first-order chi connectivity index (χ1) is 13.2. The molecule has 6 heteroatoms. The third-order valence-corrected chi connectivity index (χ3v) is 4.93. The number of unbranched alkanes of at least 4 members (excludes halogenated alkanes) is 12. The smallest absolute Gasteiger partial charge is 0.306 e. The van der Waals surface area contributed by atoms with Gasteiger partial charge in [0.15, 0.2) is 6.10 Å². The Morgan fingerprint density at radius 1 is 0.793 bits per heavy atom. The summed E-state index contributed by atoms with van der Waals surface area (Å²) in [5.74, 6) is -1.46. The Labute approximate surface area is 185 Å². The fourth-order valence-electron chi connectivity index (χ4n) is 3.47. The third-order valence-electron chi connectivity index (χ3n) is 4.93. The number of likely N-dealkylation sites (N-methyl/N-ethyl adjacent to an activating group) is 1. The molecule has 0 heterocycles. The van der Waals surface area contributed by atoms with Gasteiger partial charge in [0.05, 0.1) is 21.1 Å². The molecule has 5 nitrogen and oxygen atoms in total. The summed E-state index contributed by atoms with van der Waals surface area (Å²) in [6.45, 7) is 2.72. The van der Waals surface area contributed by atoms with E-state index in [0.717, 1.165) is 19.3 Å². The van der Waals surface area contributed by atoms with Gasteiger partial charge in [0.1, 0.15) is 6.54 Å². The van der Waals surface area contributed by atoms with Gasteiger partial charge in [-0.05, 0) is 6.42 Å². The molecule has 0 saturated heterocycles. The van der Waals surface area contributed by atoms with Crippen molar-refractivity contribution in [2.75, 3.05) is 27.7 Å². The SMILES string of the molecule is CCCCCCCCCCCCCCCC(=O)O[C@@H](CC(=O)[O-])C[N+](C)(C)C.Cl. The summed E-state index contributed by atoms with van der Waals surface area (Å²) in [7, 11) is 5.84. The molecule has 0 aliphatic rings. The quantitative estimate of drug-likeness (QED) is 0.168. The van der Waals surface area contributed by atoms with Crippen molar-refractivity contribution < 1.29 is 23.9 Å². The maximum absolute atomic E-state index is 12.0. The lowest BCUT2D eigenvalue weighted by atomic mass is 10.0. The lowest BCUT2D eigenvalue weighted by Gasteiger charge is -2.29. The minimum Gasteiger partial charge on any atom is -0.550 e. The molecule has 0 aromatic heterocycles. The largest absolute Gasteiger partial charge is 0.550 e. The number of aliphatic carboxylic acids is 1. The lowest BCUT2D eigenvalue weighted by Crippen LogP contribution is -2.45. The van der Waals surface area contributed by atoms with E-state index in [1.165, 1.54) is 64.2 Å². The molecule has 29 heavy (non-hydrogen) atoms. The second kappa shape index (κ2) is 19.2. The van der Waals surface area contributed by atoms with Crippen molar-refractivity contribution >= 4 is 24.3 Å². The molecule has 0 bridgehead atoms. The van der Waals surface area contributed by atoms with Crippen molar-refractivity contribution in [3.63, 3.8) is 0 Å². The van der Waals surface area contributed by atoms with Crippen molar-refractivity contribution in [3.8, 4) is 0 Å². The van der Waals surface area contributed by atoms with Crippen molar-refractivity contribution in [2.24, 2.45) is 0 Å². The Morgan fingerprint density at radius 2 is 1.21 bits per heavy atom. The molecule has 0 amide bonds. The number of hydrogen-bond acceptors (Lipinski definition) is 4. The number of esters is 1. The summed E-state index contributed by atoms with van der Waals surface area (Å²) in [4.78, 5) is 22.8. The Morgan fingerprint density at radius 3 is 1.59 bits per heavy atom. The Balaban J connectivity index is 0. The number of rotatable bonds is 19. The van der Waals surface area contributed by atoms with Gasteiger partial charge in [-0.25, -0.2) is 0 Å². The highest BCUT2D eigenvalue weighted by Crippen LogP contribution is 2.13. The molecule has 0 N–H and O–H groups in total. The molecule has 0 aliphatic heterocycles. The average Bonchev–Trinajstić information content (AvgIpc) is 2.56. The highest BCUT2D eigenvalue weighted by Gasteiger charge is 2.22. The number of carboxylic acids is 1. The summed E-state index contributed by atoms with van der Waals surface area (Å²) in [5, 5.41) is 10.9. The molecule has 1 atom stereocenters. The van der Waals surface area contributed by atoms with Crippen molar-refractivity contribution in [3.05, 3.63) is 0 Å². The Hall–Kier alpha value is -0.810. The van der Waals surface area contributed by atoms with Crippen LogP contribution in [0.15, 0.2) is 0 Å². The van der Waals surface area contributed by atoms with Crippen LogP contribution in [0.1, 0.15) is 103 Å². The molecular formula is C23H46ClNO4. The van der Waals surface area contributed by atoms with E-state index in [1.54, 1.807) is 0 Å². The van der Waals surface area contributed by atoms with Crippen LogP contribution in [-0.4, -0.2) is 50.2 Å². The van der Waals surface area contributed by atoms with Gasteiger partial charge in [0.25, 0.3) is 0 Å². The van der Waals surface area contributed by atoms with Gasteiger partial charge < -0.3 is 19.1 Å². The van der Waals surface area contributed by atoms with Crippen LogP contribution in [0.25, 0.3) is 0 Å². The zero-order valence-electron chi connectivity index (χ0n) is 19.4. The van der Waals surface area contributed by atoms with Crippen molar-refractivity contribution in [2.45, 2.75) is 109 Å². The monoisotopic (exact) mass is 435 g/mol. The van der Waals surface area contributed by atoms with E-state index in [1.807, 2.05) is 21.1 Å². The van der Waals surface area contributed by atoms with E-state index in [9.17, 15) is 14.7 Å². The van der Waals surface area contributed by atoms with Gasteiger partial charge in [0, 0.05) is 18.8 Å². The predicted molar refractivity (Wildman–Crippen MR) is 120 cm³/mol.